The molecule has 5 N–H and O–H groups in total. The Morgan fingerprint density at radius 1 is 1.03 bits per heavy atom. The Hall–Kier alpha value is -1.65. The first-order chi connectivity index (χ1) is 15.3. The molecule has 184 valence electrons. The Bertz CT molecular complexity index is 954. The summed E-state index contributed by atoms with van der Waals surface area (Å²) in [6, 6.07) is 10.8. The minimum Gasteiger partial charge on any atom is -0.493 e. The monoisotopic (exact) mass is 511 g/mol. The third kappa shape index (κ3) is 9.62. The number of hydrogen-bond donors (Lipinski definition) is 4. The minimum absolute atomic E-state index is 0.0154. The molecule has 0 spiro atoms. The number of hydrogen-bond acceptors (Lipinski definition) is 5. The number of ether oxygens (including phenoxy) is 1. The molecule has 12 heteroatoms. The van der Waals surface area contributed by atoms with Crippen LogP contribution in [-0.4, -0.2) is 40.3 Å². The topological polar surface area (TPSA) is 122 Å². The molecular formula is C21H26ClF3NO6P. The summed E-state index contributed by atoms with van der Waals surface area (Å²) in [7, 11) is -4.81. The van der Waals surface area contributed by atoms with Crippen LogP contribution in [0.25, 0.3) is 0 Å². The second-order valence-electron chi connectivity index (χ2n) is 7.69. The highest BCUT2D eigenvalue weighted by Gasteiger charge is 2.35. The Kier molecular flexibility index (Phi) is 9.75. The van der Waals surface area contributed by atoms with E-state index >= 15 is 0 Å². The predicted molar refractivity (Wildman–Crippen MR) is 117 cm³/mol. The molecule has 2 rings (SSSR count). The largest absolute Gasteiger partial charge is 0.493 e. The van der Waals surface area contributed by atoms with Gasteiger partial charge in [-0.1, -0.05) is 29.8 Å². The zero-order valence-corrected chi connectivity index (χ0v) is 19.2. The lowest BCUT2D eigenvalue weighted by molar-refractivity contribution is -0.139. The van der Waals surface area contributed by atoms with Crippen molar-refractivity contribution >= 4 is 19.4 Å². The van der Waals surface area contributed by atoms with E-state index in [1.807, 2.05) is 12.1 Å². The van der Waals surface area contributed by atoms with Gasteiger partial charge in [-0.2, -0.15) is 13.2 Å². The summed E-state index contributed by atoms with van der Waals surface area (Å²) in [5.41, 5.74) is 4.66. The molecule has 33 heavy (non-hydrogen) atoms. The van der Waals surface area contributed by atoms with E-state index in [4.69, 9.17) is 31.9 Å². The molecule has 0 aliphatic heterocycles. The van der Waals surface area contributed by atoms with E-state index in [1.54, 1.807) is 12.1 Å². The van der Waals surface area contributed by atoms with E-state index in [-0.39, 0.29) is 30.8 Å². The van der Waals surface area contributed by atoms with Gasteiger partial charge in [0.15, 0.2) is 0 Å². The number of halogens is 4. The highest BCUT2D eigenvalue weighted by atomic mass is 35.5. The van der Waals surface area contributed by atoms with Crippen LogP contribution >= 0.6 is 19.4 Å². The van der Waals surface area contributed by atoms with Crippen molar-refractivity contribution in [1.29, 1.82) is 0 Å². The van der Waals surface area contributed by atoms with Crippen molar-refractivity contribution < 1.29 is 41.9 Å². The van der Waals surface area contributed by atoms with Crippen molar-refractivity contribution in [2.75, 3.05) is 19.8 Å². The number of phosphoric acid groups is 1. The summed E-state index contributed by atoms with van der Waals surface area (Å²) in [6.45, 7) is -1.25. The lowest BCUT2D eigenvalue weighted by Gasteiger charge is -2.27. The van der Waals surface area contributed by atoms with Crippen LogP contribution in [0.4, 0.5) is 13.2 Å². The molecule has 0 saturated carbocycles. The minimum atomic E-state index is -4.81. The SMILES string of the molecule is NC(CO)(CCc1ccc(OCCCc2ccc(Cl)cc2)c(C(F)(F)F)c1)COP(=O)(O)O. The molecule has 0 fully saturated rings. The summed E-state index contributed by atoms with van der Waals surface area (Å²) >= 11 is 5.83. The van der Waals surface area contributed by atoms with Gasteiger partial charge in [-0.25, -0.2) is 4.57 Å². The average molecular weight is 512 g/mol. The average Bonchev–Trinajstić information content (AvgIpc) is 2.74. The van der Waals surface area contributed by atoms with Crippen molar-refractivity contribution in [3.63, 3.8) is 0 Å². The van der Waals surface area contributed by atoms with E-state index in [1.165, 1.54) is 12.1 Å². The first-order valence-corrected chi connectivity index (χ1v) is 11.9. The first-order valence-electron chi connectivity index (χ1n) is 9.98. The summed E-state index contributed by atoms with van der Waals surface area (Å²) in [4.78, 5) is 17.6. The zero-order chi connectivity index (χ0) is 24.7. The standard InChI is InChI=1S/C21H26ClF3NO6P/c22-17-6-3-15(4-7-17)2-1-11-31-19-8-5-16(12-18(19)21(23,24)25)9-10-20(26,13-27)14-32-33(28,29)30/h3-8,12,27H,1-2,9-11,13-14,26H2,(H2,28,29,30). The van der Waals surface area contributed by atoms with Gasteiger partial charge >= 0.3 is 14.0 Å². The van der Waals surface area contributed by atoms with Crippen molar-refractivity contribution in [3.05, 3.63) is 64.2 Å². The molecule has 1 atom stereocenters. The molecule has 0 heterocycles. The second-order valence-corrected chi connectivity index (χ2v) is 9.37. The molecule has 0 aliphatic rings. The van der Waals surface area contributed by atoms with Crippen molar-refractivity contribution in [2.24, 2.45) is 5.73 Å². The van der Waals surface area contributed by atoms with Gasteiger partial charge in [0.2, 0.25) is 0 Å². The molecular weight excluding hydrogens is 486 g/mol. The summed E-state index contributed by atoms with van der Waals surface area (Å²) < 4.78 is 61.3. The fourth-order valence-electron chi connectivity index (χ4n) is 2.99. The van der Waals surface area contributed by atoms with E-state index in [9.17, 15) is 22.8 Å². The van der Waals surface area contributed by atoms with Gasteiger partial charge in [0.1, 0.15) is 5.75 Å². The number of aryl methyl sites for hydroxylation is 2. The molecule has 0 aliphatic carbocycles. The van der Waals surface area contributed by atoms with Gasteiger partial charge in [-0.05, 0) is 61.1 Å². The quantitative estimate of drug-likeness (QED) is 0.250. The second kappa shape index (κ2) is 11.7. The molecule has 0 aromatic heterocycles. The van der Waals surface area contributed by atoms with Crippen LogP contribution < -0.4 is 10.5 Å². The fourth-order valence-corrected chi connectivity index (χ4v) is 3.54. The van der Waals surface area contributed by atoms with Crippen molar-refractivity contribution in [1.82, 2.24) is 0 Å². The van der Waals surface area contributed by atoms with Crippen molar-refractivity contribution in [2.45, 2.75) is 37.4 Å². The van der Waals surface area contributed by atoms with Gasteiger partial charge in [0.25, 0.3) is 0 Å². The first kappa shape index (κ1) is 27.6. The summed E-state index contributed by atoms with van der Waals surface area (Å²) in [5.74, 6) is -0.298. The summed E-state index contributed by atoms with van der Waals surface area (Å²) in [6.07, 6.45) is -3.58. The highest BCUT2D eigenvalue weighted by molar-refractivity contribution is 7.46. The number of benzene rings is 2. The molecule has 0 saturated heterocycles. The van der Waals surface area contributed by atoms with Crippen LogP contribution in [0.15, 0.2) is 42.5 Å². The van der Waals surface area contributed by atoms with Gasteiger partial charge in [-0.3, -0.25) is 4.52 Å². The van der Waals surface area contributed by atoms with Crippen LogP contribution in [-0.2, 0) is 28.1 Å². The number of aliphatic hydroxyl groups is 1. The smallest absolute Gasteiger partial charge is 0.469 e. The number of phosphoric ester groups is 1. The molecule has 2 aromatic carbocycles. The maximum atomic E-state index is 13.6. The molecule has 1 unspecified atom stereocenters. The van der Waals surface area contributed by atoms with Crippen LogP contribution in [0.3, 0.4) is 0 Å². The Morgan fingerprint density at radius 3 is 2.24 bits per heavy atom. The molecule has 0 radical (unpaired) electrons. The Morgan fingerprint density at radius 2 is 1.67 bits per heavy atom. The van der Waals surface area contributed by atoms with Crippen LogP contribution in [0.1, 0.15) is 29.5 Å². The summed E-state index contributed by atoms with van der Waals surface area (Å²) in [5, 5.41) is 10.0. The van der Waals surface area contributed by atoms with Gasteiger partial charge in [0, 0.05) is 5.02 Å². The normalized spacial score (nSPS) is 14.2. The van der Waals surface area contributed by atoms with Crippen LogP contribution in [0.2, 0.25) is 5.02 Å². The van der Waals surface area contributed by atoms with Crippen molar-refractivity contribution in [3.8, 4) is 5.75 Å². The van der Waals surface area contributed by atoms with E-state index in [0.717, 1.165) is 11.6 Å². The van der Waals surface area contributed by atoms with Crippen LogP contribution in [0.5, 0.6) is 5.75 Å². The third-order valence-corrected chi connectivity index (χ3v) is 5.59. The molecule has 2 aromatic rings. The maximum absolute atomic E-state index is 13.6. The molecule has 0 amide bonds. The maximum Gasteiger partial charge on any atom is 0.469 e. The Labute approximate surface area is 194 Å². The van der Waals surface area contributed by atoms with Crippen LogP contribution in [0, 0.1) is 0 Å². The number of alkyl halides is 3. The molecule has 0 bridgehead atoms. The zero-order valence-electron chi connectivity index (χ0n) is 17.6. The number of rotatable bonds is 12. The lowest BCUT2D eigenvalue weighted by Crippen LogP contribution is -2.48. The van der Waals surface area contributed by atoms with E-state index < -0.39 is 38.3 Å². The highest BCUT2D eigenvalue weighted by Crippen LogP contribution is 2.38. The van der Waals surface area contributed by atoms with E-state index in [2.05, 4.69) is 4.52 Å². The lowest BCUT2D eigenvalue weighted by atomic mass is 9.93. The van der Waals surface area contributed by atoms with Gasteiger partial charge in [-0.15, -0.1) is 0 Å². The Balaban J connectivity index is 2.01. The van der Waals surface area contributed by atoms with Gasteiger partial charge < -0.3 is 25.4 Å². The van der Waals surface area contributed by atoms with E-state index in [0.29, 0.717) is 17.9 Å². The predicted octanol–water partition coefficient (Wildman–Crippen LogP) is 4.10. The fraction of sp³-hybridized carbons (Fsp3) is 0.429. The number of aliphatic hydroxyl groups excluding tert-OH is 1. The third-order valence-electron chi connectivity index (χ3n) is 4.88. The van der Waals surface area contributed by atoms with Gasteiger partial charge in [0.05, 0.1) is 30.9 Å². The number of nitrogens with two attached hydrogens (primary N) is 1. The molecule has 7 nitrogen and oxygen atoms in total.